The van der Waals surface area contributed by atoms with Gasteiger partial charge in [-0.25, -0.2) is 0 Å². The average Bonchev–Trinajstić information content (AvgIpc) is 2.61. The minimum absolute atomic E-state index is 0.00879. The number of benzene rings is 2. The van der Waals surface area contributed by atoms with Crippen LogP contribution >= 0.6 is 0 Å². The molecule has 1 atom stereocenters. The zero-order valence-corrected chi connectivity index (χ0v) is 17.2. The third-order valence-corrected chi connectivity index (χ3v) is 4.59. The van der Waals surface area contributed by atoms with Gasteiger partial charge in [0.2, 0.25) is 0 Å². The van der Waals surface area contributed by atoms with Crippen LogP contribution in [-0.4, -0.2) is 18.5 Å². The molecule has 0 saturated heterocycles. The summed E-state index contributed by atoms with van der Waals surface area (Å²) in [4.78, 5) is 23.5. The minimum Gasteiger partial charge on any atom is -0.550 e. The summed E-state index contributed by atoms with van der Waals surface area (Å²) in [6, 6.07) is 12.7. The van der Waals surface area contributed by atoms with Crippen LogP contribution in [0.4, 0.5) is 0 Å². The number of carboxylic acid groups (broad SMARTS) is 1. The number of carbonyl (C=O) groups is 2. The molecule has 0 bridgehead atoms. The molecular formula is C23H28NO4-. The molecule has 1 amide bonds. The lowest BCUT2D eigenvalue weighted by atomic mass is 9.86. The molecule has 2 aromatic rings. The maximum Gasteiger partial charge on any atom is 0.258 e. The summed E-state index contributed by atoms with van der Waals surface area (Å²) in [6.07, 6.45) is -0.302. The van der Waals surface area contributed by atoms with E-state index < -0.39 is 12.0 Å². The van der Waals surface area contributed by atoms with E-state index >= 15 is 0 Å². The van der Waals surface area contributed by atoms with Crippen molar-refractivity contribution in [2.45, 2.75) is 52.5 Å². The highest BCUT2D eigenvalue weighted by atomic mass is 16.5. The van der Waals surface area contributed by atoms with Crippen molar-refractivity contribution < 1.29 is 19.4 Å². The Morgan fingerprint density at radius 1 is 1.07 bits per heavy atom. The second-order valence-corrected chi connectivity index (χ2v) is 8.13. The maximum atomic E-state index is 12.4. The normalized spacial score (nSPS) is 12.3. The first-order valence-corrected chi connectivity index (χ1v) is 9.36. The van der Waals surface area contributed by atoms with Gasteiger partial charge in [0.15, 0.2) is 6.61 Å². The van der Waals surface area contributed by atoms with Gasteiger partial charge in [-0.05, 0) is 47.6 Å². The number of nitrogens with one attached hydrogen (secondary N) is 1. The molecule has 5 nitrogen and oxygen atoms in total. The number of aryl methyl sites for hydroxylation is 2. The number of carboxylic acids is 1. The Morgan fingerprint density at radius 2 is 1.71 bits per heavy atom. The monoisotopic (exact) mass is 382 g/mol. The Morgan fingerprint density at radius 3 is 2.29 bits per heavy atom. The van der Waals surface area contributed by atoms with Gasteiger partial charge in [-0.2, -0.15) is 0 Å². The van der Waals surface area contributed by atoms with Gasteiger partial charge in [0.05, 0.1) is 6.04 Å². The molecule has 0 heterocycles. The summed E-state index contributed by atoms with van der Waals surface area (Å²) in [5.74, 6) is -0.964. The average molecular weight is 382 g/mol. The largest absolute Gasteiger partial charge is 0.550 e. The van der Waals surface area contributed by atoms with Crippen LogP contribution in [0.2, 0.25) is 0 Å². The molecule has 0 radical (unpaired) electrons. The highest BCUT2D eigenvalue weighted by molar-refractivity contribution is 5.79. The van der Waals surface area contributed by atoms with Crippen molar-refractivity contribution in [1.29, 1.82) is 0 Å². The molecular weight excluding hydrogens is 354 g/mol. The first-order valence-electron chi connectivity index (χ1n) is 9.36. The van der Waals surface area contributed by atoms with Gasteiger partial charge < -0.3 is 20.0 Å². The maximum absolute atomic E-state index is 12.4. The fourth-order valence-electron chi connectivity index (χ4n) is 2.88. The fraction of sp³-hybridized carbons (Fsp3) is 0.391. The quantitative estimate of drug-likeness (QED) is 0.798. The molecule has 150 valence electrons. The standard InChI is InChI=1S/C23H29NO4/c1-15-6-7-16(2)20(12-15)28-14-21(25)24-19(13-22(26)27)17-8-10-18(11-9-17)23(3,4)5/h6-12,19H,13-14H2,1-5H3,(H,24,25)(H,26,27)/p-1/t19-/m1/s1. The van der Waals surface area contributed by atoms with Gasteiger partial charge in [-0.15, -0.1) is 0 Å². The zero-order chi connectivity index (χ0) is 20.9. The van der Waals surface area contributed by atoms with Crippen molar-refractivity contribution in [3.8, 4) is 5.75 Å². The number of amides is 1. The van der Waals surface area contributed by atoms with Crippen molar-refractivity contribution in [1.82, 2.24) is 5.32 Å². The Balaban J connectivity index is 2.07. The van der Waals surface area contributed by atoms with Crippen LogP contribution in [0.3, 0.4) is 0 Å². The van der Waals surface area contributed by atoms with Gasteiger partial charge in [0.25, 0.3) is 5.91 Å². The third kappa shape index (κ3) is 6.12. The van der Waals surface area contributed by atoms with Crippen LogP contribution in [0, 0.1) is 13.8 Å². The van der Waals surface area contributed by atoms with Crippen LogP contribution in [-0.2, 0) is 15.0 Å². The van der Waals surface area contributed by atoms with Crippen LogP contribution < -0.4 is 15.2 Å². The molecule has 0 aliphatic heterocycles. The summed E-state index contributed by atoms with van der Waals surface area (Å²) in [7, 11) is 0. The summed E-state index contributed by atoms with van der Waals surface area (Å²) < 4.78 is 5.61. The summed E-state index contributed by atoms with van der Waals surface area (Å²) >= 11 is 0. The van der Waals surface area contributed by atoms with Crippen LogP contribution in [0.5, 0.6) is 5.75 Å². The Kier molecular flexibility index (Phi) is 6.84. The van der Waals surface area contributed by atoms with Gasteiger partial charge >= 0.3 is 0 Å². The summed E-state index contributed by atoms with van der Waals surface area (Å²) in [5, 5.41) is 13.9. The van der Waals surface area contributed by atoms with E-state index in [9.17, 15) is 14.7 Å². The lowest BCUT2D eigenvalue weighted by molar-refractivity contribution is -0.306. The Hall–Kier alpha value is -2.82. The van der Waals surface area contributed by atoms with Crippen molar-refractivity contribution in [3.05, 3.63) is 64.7 Å². The Labute approximate surface area is 166 Å². The molecule has 0 saturated carbocycles. The van der Waals surface area contributed by atoms with Crippen molar-refractivity contribution in [2.24, 2.45) is 0 Å². The van der Waals surface area contributed by atoms with E-state index in [1.54, 1.807) is 0 Å². The van der Waals surface area contributed by atoms with Gasteiger partial charge in [0, 0.05) is 12.4 Å². The lowest BCUT2D eigenvalue weighted by Crippen LogP contribution is -2.36. The van der Waals surface area contributed by atoms with Gasteiger partial charge in [-0.1, -0.05) is 57.2 Å². The topological polar surface area (TPSA) is 78.5 Å². The predicted octanol–water partition coefficient (Wildman–Crippen LogP) is 2.98. The molecule has 0 aliphatic carbocycles. The lowest BCUT2D eigenvalue weighted by Gasteiger charge is -2.23. The smallest absolute Gasteiger partial charge is 0.258 e. The van der Waals surface area contributed by atoms with Crippen molar-refractivity contribution in [3.63, 3.8) is 0 Å². The number of hydrogen-bond donors (Lipinski definition) is 1. The molecule has 1 N–H and O–H groups in total. The van der Waals surface area contributed by atoms with Crippen LogP contribution in [0.1, 0.15) is 55.5 Å². The van der Waals surface area contributed by atoms with Crippen LogP contribution in [0.15, 0.2) is 42.5 Å². The number of aliphatic carboxylic acids is 1. The number of carbonyl (C=O) groups excluding carboxylic acids is 2. The van der Waals surface area contributed by atoms with Crippen LogP contribution in [0.25, 0.3) is 0 Å². The summed E-state index contributed by atoms with van der Waals surface area (Å²) in [6.45, 7) is 9.98. The first kappa shape index (κ1) is 21.5. The van der Waals surface area contributed by atoms with Gasteiger partial charge in [-0.3, -0.25) is 4.79 Å². The molecule has 0 aromatic heterocycles. The molecule has 28 heavy (non-hydrogen) atoms. The molecule has 2 aromatic carbocycles. The summed E-state index contributed by atoms with van der Waals surface area (Å²) in [5.41, 5.74) is 3.81. The second-order valence-electron chi connectivity index (χ2n) is 8.13. The molecule has 0 spiro atoms. The molecule has 2 rings (SSSR count). The van der Waals surface area contributed by atoms with E-state index in [4.69, 9.17) is 4.74 Å². The van der Waals surface area contributed by atoms with E-state index in [-0.39, 0.29) is 24.3 Å². The molecule has 5 heteroatoms. The van der Waals surface area contributed by atoms with Gasteiger partial charge in [0.1, 0.15) is 5.75 Å². The molecule has 0 unspecified atom stereocenters. The van der Waals surface area contributed by atoms with E-state index in [0.29, 0.717) is 5.75 Å². The highest BCUT2D eigenvalue weighted by Gasteiger charge is 2.18. The molecule has 0 fully saturated rings. The number of hydrogen-bond acceptors (Lipinski definition) is 4. The van der Waals surface area contributed by atoms with Crippen molar-refractivity contribution in [2.75, 3.05) is 6.61 Å². The van der Waals surface area contributed by atoms with E-state index in [0.717, 1.165) is 22.3 Å². The molecule has 0 aliphatic rings. The Bertz CT molecular complexity index is 835. The van der Waals surface area contributed by atoms with Crippen molar-refractivity contribution >= 4 is 11.9 Å². The predicted molar refractivity (Wildman–Crippen MR) is 107 cm³/mol. The third-order valence-electron chi connectivity index (χ3n) is 4.59. The SMILES string of the molecule is Cc1ccc(C)c(OCC(=O)N[C@H](CC(=O)[O-])c2ccc(C(C)(C)C)cc2)c1. The fourth-order valence-corrected chi connectivity index (χ4v) is 2.88. The first-order chi connectivity index (χ1) is 13.1. The highest BCUT2D eigenvalue weighted by Crippen LogP contribution is 2.25. The number of rotatable bonds is 7. The van der Waals surface area contributed by atoms with E-state index in [1.165, 1.54) is 0 Å². The number of ether oxygens (including phenoxy) is 1. The zero-order valence-electron chi connectivity index (χ0n) is 17.2. The second kappa shape index (κ2) is 8.91. The van der Waals surface area contributed by atoms with E-state index in [2.05, 4.69) is 26.1 Å². The van der Waals surface area contributed by atoms with E-state index in [1.807, 2.05) is 56.3 Å². The minimum atomic E-state index is -1.22.